The number of carbonyl (C=O) groups is 1. The van der Waals surface area contributed by atoms with Crippen LogP contribution in [-0.4, -0.2) is 36.7 Å². The van der Waals surface area contributed by atoms with Gasteiger partial charge in [-0.1, -0.05) is 34.1 Å². The van der Waals surface area contributed by atoms with Crippen molar-refractivity contribution in [3.63, 3.8) is 0 Å². The van der Waals surface area contributed by atoms with Gasteiger partial charge in [-0.05, 0) is 38.3 Å². The van der Waals surface area contributed by atoms with E-state index in [9.17, 15) is 4.79 Å². The lowest BCUT2D eigenvalue weighted by molar-refractivity contribution is 0.0943. The van der Waals surface area contributed by atoms with Crippen LogP contribution in [0.1, 0.15) is 38.3 Å². The highest BCUT2D eigenvalue weighted by Crippen LogP contribution is 2.24. The van der Waals surface area contributed by atoms with Crippen molar-refractivity contribution < 1.29 is 9.53 Å². The molecule has 0 bridgehead atoms. The first-order valence-electron chi connectivity index (χ1n) is 7.54. The third kappa shape index (κ3) is 4.45. The van der Waals surface area contributed by atoms with Crippen molar-refractivity contribution in [2.75, 3.05) is 19.7 Å². The van der Waals surface area contributed by atoms with Crippen LogP contribution < -0.4 is 5.32 Å². The molecule has 1 heterocycles. The molecule has 4 nitrogen and oxygen atoms in total. The summed E-state index contributed by atoms with van der Waals surface area (Å²) in [6.45, 7) is 5.98. The predicted octanol–water partition coefficient (Wildman–Crippen LogP) is 3.72. The van der Waals surface area contributed by atoms with Crippen molar-refractivity contribution >= 4 is 22.0 Å². The van der Waals surface area contributed by atoms with Crippen LogP contribution in [0.5, 0.6) is 0 Å². The highest BCUT2D eigenvalue weighted by molar-refractivity contribution is 9.10. The molecule has 1 amide bonds. The lowest BCUT2D eigenvalue weighted by atomic mass is 10.0. The second-order valence-corrected chi connectivity index (χ2v) is 6.22. The Balaban J connectivity index is 1.83. The molecule has 1 aromatic rings. The molecule has 1 atom stereocenters. The molecule has 1 aromatic carbocycles. The summed E-state index contributed by atoms with van der Waals surface area (Å²) in [5, 5.41) is 3.66. The van der Waals surface area contributed by atoms with Crippen molar-refractivity contribution in [3.8, 4) is 0 Å². The molecule has 1 aliphatic rings. The molecule has 0 aliphatic carbocycles. The van der Waals surface area contributed by atoms with E-state index in [0.29, 0.717) is 18.7 Å². The maximum absolute atomic E-state index is 11.7. The minimum atomic E-state index is -0.185. The van der Waals surface area contributed by atoms with Crippen molar-refractivity contribution in [2.45, 2.75) is 38.8 Å². The van der Waals surface area contributed by atoms with Gasteiger partial charge < -0.3 is 15.0 Å². The van der Waals surface area contributed by atoms with Gasteiger partial charge in [-0.3, -0.25) is 0 Å². The molecule has 1 saturated heterocycles. The highest BCUT2D eigenvalue weighted by atomic mass is 79.9. The molecule has 0 aromatic heterocycles. The van der Waals surface area contributed by atoms with Gasteiger partial charge in [-0.2, -0.15) is 0 Å². The Kier molecular flexibility index (Phi) is 6.06. The second-order valence-electron chi connectivity index (χ2n) is 5.37. The summed E-state index contributed by atoms with van der Waals surface area (Å²) in [5.74, 6) is 0. The minimum absolute atomic E-state index is 0.185. The molecule has 2 rings (SSSR count). The number of benzene rings is 1. The molecular weight excluding hydrogens is 332 g/mol. The monoisotopic (exact) mass is 354 g/mol. The first kappa shape index (κ1) is 16.3. The summed E-state index contributed by atoms with van der Waals surface area (Å²) in [6, 6.07) is 9.02. The fourth-order valence-corrected chi connectivity index (χ4v) is 3.34. The van der Waals surface area contributed by atoms with Crippen LogP contribution in [0, 0.1) is 0 Å². The Morgan fingerprint density at radius 3 is 2.71 bits per heavy atom. The summed E-state index contributed by atoms with van der Waals surface area (Å²) < 4.78 is 6.18. The molecule has 1 unspecified atom stereocenters. The number of nitrogens with one attached hydrogen (secondary N) is 1. The summed E-state index contributed by atoms with van der Waals surface area (Å²) in [4.78, 5) is 13.5. The Morgan fingerprint density at radius 2 is 2.10 bits per heavy atom. The molecule has 0 spiro atoms. The summed E-state index contributed by atoms with van der Waals surface area (Å²) in [7, 11) is 0. The van der Waals surface area contributed by atoms with Crippen molar-refractivity contribution in [1.82, 2.24) is 10.2 Å². The zero-order chi connectivity index (χ0) is 15.2. The maximum Gasteiger partial charge on any atom is 0.409 e. The van der Waals surface area contributed by atoms with E-state index >= 15 is 0 Å². The highest BCUT2D eigenvalue weighted by Gasteiger charge is 2.24. The van der Waals surface area contributed by atoms with Gasteiger partial charge in [0.1, 0.15) is 0 Å². The van der Waals surface area contributed by atoms with Crippen LogP contribution in [-0.2, 0) is 4.74 Å². The molecule has 21 heavy (non-hydrogen) atoms. The average Bonchev–Trinajstić information content (AvgIpc) is 2.48. The number of carbonyl (C=O) groups excluding carboxylic acids is 1. The normalized spacial score (nSPS) is 17.6. The van der Waals surface area contributed by atoms with E-state index in [1.807, 2.05) is 13.0 Å². The number of halogens is 1. The van der Waals surface area contributed by atoms with E-state index in [4.69, 9.17) is 4.74 Å². The fourth-order valence-electron chi connectivity index (χ4n) is 2.71. The van der Waals surface area contributed by atoms with Crippen molar-refractivity contribution in [3.05, 3.63) is 34.3 Å². The van der Waals surface area contributed by atoms with Crippen molar-refractivity contribution in [1.29, 1.82) is 0 Å². The third-order valence-electron chi connectivity index (χ3n) is 3.88. The van der Waals surface area contributed by atoms with E-state index in [1.165, 1.54) is 5.56 Å². The lowest BCUT2D eigenvalue weighted by Gasteiger charge is -2.33. The van der Waals surface area contributed by atoms with Gasteiger partial charge in [0.05, 0.1) is 6.61 Å². The number of hydrogen-bond acceptors (Lipinski definition) is 3. The van der Waals surface area contributed by atoms with Crippen LogP contribution in [0.15, 0.2) is 28.7 Å². The van der Waals surface area contributed by atoms with Gasteiger partial charge in [-0.25, -0.2) is 4.79 Å². The van der Waals surface area contributed by atoms with Crippen LogP contribution >= 0.6 is 15.9 Å². The molecule has 0 radical (unpaired) electrons. The molecule has 5 heteroatoms. The lowest BCUT2D eigenvalue weighted by Crippen LogP contribution is -2.45. The van der Waals surface area contributed by atoms with Crippen LogP contribution in [0.3, 0.4) is 0 Å². The summed E-state index contributed by atoms with van der Waals surface area (Å²) in [5.41, 5.74) is 1.27. The van der Waals surface area contributed by atoms with Gasteiger partial charge in [0.15, 0.2) is 0 Å². The molecule has 1 aliphatic heterocycles. The van der Waals surface area contributed by atoms with E-state index < -0.39 is 0 Å². The topological polar surface area (TPSA) is 41.6 Å². The first-order chi connectivity index (χ1) is 10.1. The van der Waals surface area contributed by atoms with Gasteiger partial charge in [0.25, 0.3) is 0 Å². The molecule has 0 saturated carbocycles. The Bertz CT molecular complexity index is 473. The second kappa shape index (κ2) is 7.80. The molecule has 1 fully saturated rings. The standard InChI is InChI=1S/C16H23BrN2O2/c1-3-21-16(20)19-10-8-13(9-11-19)18-12(2)14-6-4-5-7-15(14)17/h4-7,12-13,18H,3,8-11H2,1-2H3. The molecule has 116 valence electrons. The van der Waals surface area contributed by atoms with E-state index in [2.05, 4.69) is 46.4 Å². The van der Waals surface area contributed by atoms with E-state index in [0.717, 1.165) is 30.4 Å². The number of piperidine rings is 1. The fraction of sp³-hybridized carbons (Fsp3) is 0.562. The quantitative estimate of drug-likeness (QED) is 0.895. The largest absolute Gasteiger partial charge is 0.450 e. The summed E-state index contributed by atoms with van der Waals surface area (Å²) >= 11 is 3.60. The molecular formula is C16H23BrN2O2. The number of amides is 1. The minimum Gasteiger partial charge on any atom is -0.450 e. The Hall–Kier alpha value is -1.07. The average molecular weight is 355 g/mol. The van der Waals surface area contributed by atoms with Crippen LogP contribution in [0.4, 0.5) is 4.79 Å². The Labute approximate surface area is 135 Å². The smallest absolute Gasteiger partial charge is 0.409 e. The van der Waals surface area contributed by atoms with Crippen LogP contribution in [0.2, 0.25) is 0 Å². The van der Waals surface area contributed by atoms with Crippen LogP contribution in [0.25, 0.3) is 0 Å². The molecule has 1 N–H and O–H groups in total. The third-order valence-corrected chi connectivity index (χ3v) is 4.60. The predicted molar refractivity (Wildman–Crippen MR) is 87.3 cm³/mol. The first-order valence-corrected chi connectivity index (χ1v) is 8.33. The van der Waals surface area contributed by atoms with Gasteiger partial charge in [0.2, 0.25) is 0 Å². The number of ether oxygens (including phenoxy) is 1. The SMILES string of the molecule is CCOC(=O)N1CCC(NC(C)c2ccccc2Br)CC1. The zero-order valence-corrected chi connectivity index (χ0v) is 14.2. The number of likely N-dealkylation sites (tertiary alicyclic amines) is 1. The zero-order valence-electron chi connectivity index (χ0n) is 12.6. The van der Waals surface area contributed by atoms with E-state index in [-0.39, 0.29) is 6.09 Å². The Morgan fingerprint density at radius 1 is 1.43 bits per heavy atom. The van der Waals surface area contributed by atoms with Crippen molar-refractivity contribution in [2.24, 2.45) is 0 Å². The summed E-state index contributed by atoms with van der Waals surface area (Å²) in [6.07, 6.45) is 1.75. The van der Waals surface area contributed by atoms with Gasteiger partial charge in [-0.15, -0.1) is 0 Å². The van der Waals surface area contributed by atoms with Gasteiger partial charge in [0, 0.05) is 29.6 Å². The van der Waals surface area contributed by atoms with Gasteiger partial charge >= 0.3 is 6.09 Å². The number of nitrogens with zero attached hydrogens (tertiary/aromatic N) is 1. The number of hydrogen-bond donors (Lipinski definition) is 1. The maximum atomic E-state index is 11.7. The number of rotatable bonds is 4. The van der Waals surface area contributed by atoms with E-state index in [1.54, 1.807) is 4.90 Å².